The molecule has 0 spiro atoms. The van der Waals surface area contributed by atoms with Gasteiger partial charge in [0.2, 0.25) is 5.78 Å². The monoisotopic (exact) mass is 496 g/mol. The summed E-state index contributed by atoms with van der Waals surface area (Å²) in [4.78, 5) is 36.7. The lowest BCUT2D eigenvalue weighted by atomic mass is 9.45. The van der Waals surface area contributed by atoms with Crippen LogP contribution in [-0.2, 0) is 19.1 Å². The molecule has 0 aromatic carbocycles. The molecular weight excluding hydrogens is 463 g/mol. The number of hydrogen-bond acceptors (Lipinski definition) is 6. The molecule has 4 rings (SSSR count). The average molecular weight is 497 g/mol. The van der Waals surface area contributed by atoms with Gasteiger partial charge in [0.1, 0.15) is 12.8 Å². The Morgan fingerprint density at radius 2 is 1.94 bits per heavy atom. The smallest absolute Gasteiger partial charge is 0.306 e. The molecule has 8 heteroatoms. The summed E-state index contributed by atoms with van der Waals surface area (Å²) in [6.07, 6.45) is 2.75. The third-order valence-corrected chi connectivity index (χ3v) is 10.4. The maximum atomic E-state index is 15.6. The number of halogens is 2. The minimum absolute atomic E-state index is 0.0115. The van der Waals surface area contributed by atoms with E-state index in [1.165, 1.54) is 12.2 Å². The number of fused-ring (bicyclic) bond motifs is 5. The van der Waals surface area contributed by atoms with Gasteiger partial charge in [0.15, 0.2) is 11.4 Å². The van der Waals surface area contributed by atoms with E-state index in [9.17, 15) is 24.6 Å². The number of hydrogen-bond donors (Lipinski definition) is 2. The van der Waals surface area contributed by atoms with Gasteiger partial charge in [0.25, 0.3) is 0 Å². The summed E-state index contributed by atoms with van der Waals surface area (Å²) in [5, 5.41) is 21.5. The van der Waals surface area contributed by atoms with E-state index in [-0.39, 0.29) is 36.5 Å². The van der Waals surface area contributed by atoms with E-state index in [0.717, 1.165) is 0 Å². The third-order valence-electron chi connectivity index (χ3n) is 9.46. The molecule has 3 fully saturated rings. The molecule has 0 aromatic rings. The van der Waals surface area contributed by atoms with Crippen molar-refractivity contribution >= 4 is 29.1 Å². The van der Waals surface area contributed by atoms with Crippen molar-refractivity contribution in [1.82, 2.24) is 0 Å². The van der Waals surface area contributed by atoms with Crippen LogP contribution in [0.2, 0.25) is 0 Å². The Kier molecular flexibility index (Phi) is 6.19. The predicted octanol–water partition coefficient (Wildman–Crippen LogP) is 3.46. The first kappa shape index (κ1) is 25.5. The lowest BCUT2D eigenvalue weighted by Gasteiger charge is -2.64. The number of allylic oxidation sites excluding steroid dienone is 4. The fourth-order valence-electron chi connectivity index (χ4n) is 7.94. The standard InChI is InChI=1S/C26H34ClFO6/c1-5-6-22(33)34-26(21(32)13-29)14(2)9-16-17-11-19(28)18-10-15(30)7-8-23(18,3)25(17,27)20(31)12-24(16,26)4/h7-8,10,14,16-17,19-20,29,31H,5-6,9,11-13H2,1-4H3/t14-,16-,17-,19-,20?,23-,24-,25-,26-/m0/s1. The van der Waals surface area contributed by atoms with Crippen LogP contribution in [0.1, 0.15) is 59.8 Å². The molecule has 1 unspecified atom stereocenters. The van der Waals surface area contributed by atoms with Crippen LogP contribution < -0.4 is 0 Å². The van der Waals surface area contributed by atoms with Crippen LogP contribution in [0.4, 0.5) is 4.39 Å². The van der Waals surface area contributed by atoms with Crippen molar-refractivity contribution in [2.45, 2.75) is 82.5 Å². The quantitative estimate of drug-likeness (QED) is 0.446. The number of aliphatic hydroxyl groups is 2. The highest BCUT2D eigenvalue weighted by Gasteiger charge is 2.77. The summed E-state index contributed by atoms with van der Waals surface area (Å²) < 4.78 is 21.6. The summed E-state index contributed by atoms with van der Waals surface area (Å²) in [5.74, 6) is -2.82. The molecule has 0 radical (unpaired) electrons. The Morgan fingerprint density at radius 3 is 2.56 bits per heavy atom. The topological polar surface area (TPSA) is 101 Å². The zero-order valence-corrected chi connectivity index (χ0v) is 20.9. The molecule has 3 saturated carbocycles. The van der Waals surface area contributed by atoms with E-state index >= 15 is 4.39 Å². The van der Waals surface area contributed by atoms with Gasteiger partial charge in [0, 0.05) is 23.2 Å². The minimum Gasteiger partial charge on any atom is -0.450 e. The van der Waals surface area contributed by atoms with E-state index in [4.69, 9.17) is 16.3 Å². The number of carbonyl (C=O) groups is 3. The fourth-order valence-corrected chi connectivity index (χ4v) is 8.43. The van der Waals surface area contributed by atoms with E-state index in [1.54, 1.807) is 26.8 Å². The number of aliphatic hydroxyl groups excluding tert-OH is 2. The molecule has 0 bridgehead atoms. The van der Waals surface area contributed by atoms with Gasteiger partial charge in [-0.3, -0.25) is 14.4 Å². The second-order valence-corrected chi connectivity index (χ2v) is 11.7. The van der Waals surface area contributed by atoms with E-state index < -0.39 is 63.8 Å². The molecule has 4 aliphatic rings. The second-order valence-electron chi connectivity index (χ2n) is 11.0. The van der Waals surface area contributed by atoms with Gasteiger partial charge in [-0.1, -0.05) is 33.8 Å². The lowest BCUT2D eigenvalue weighted by molar-refractivity contribution is -0.203. The maximum Gasteiger partial charge on any atom is 0.306 e. The van der Waals surface area contributed by atoms with E-state index in [1.807, 2.05) is 6.92 Å². The molecule has 0 aliphatic heterocycles. The normalized spacial score (nSPS) is 47.4. The van der Waals surface area contributed by atoms with Crippen molar-refractivity contribution in [1.29, 1.82) is 0 Å². The molecule has 34 heavy (non-hydrogen) atoms. The predicted molar refractivity (Wildman–Crippen MR) is 124 cm³/mol. The van der Waals surface area contributed by atoms with Crippen LogP contribution >= 0.6 is 11.6 Å². The van der Waals surface area contributed by atoms with E-state index in [0.29, 0.717) is 12.8 Å². The van der Waals surface area contributed by atoms with E-state index in [2.05, 4.69) is 0 Å². The summed E-state index contributed by atoms with van der Waals surface area (Å²) in [5.41, 5.74) is -3.52. The SMILES string of the molecule is CCCC(=O)O[C@]1(C(=O)CO)[C@@H](C)C[C@H]2[C@@H]3C[C@H](F)C4=CC(=O)C=C[C@]4(C)[C@@]3(Cl)C(O)C[C@@]21C. The third kappa shape index (κ3) is 3.02. The number of esters is 1. The molecule has 9 atom stereocenters. The Hall–Kier alpha value is -1.57. The molecule has 2 N–H and O–H groups in total. The Bertz CT molecular complexity index is 978. The molecule has 0 heterocycles. The van der Waals surface area contributed by atoms with Crippen molar-refractivity contribution in [3.8, 4) is 0 Å². The van der Waals surface area contributed by atoms with Gasteiger partial charge in [-0.2, -0.15) is 0 Å². The second kappa shape index (κ2) is 8.24. The van der Waals surface area contributed by atoms with Crippen molar-refractivity contribution < 1.29 is 33.7 Å². The van der Waals surface area contributed by atoms with Crippen LogP contribution in [0.3, 0.4) is 0 Å². The fraction of sp³-hybridized carbons (Fsp3) is 0.731. The number of Topliss-reactive ketones (excluding diaryl/α,β-unsaturated/α-hetero) is 1. The van der Waals surface area contributed by atoms with Gasteiger partial charge in [-0.15, -0.1) is 11.6 Å². The molecular formula is C26H34ClFO6. The Labute approximate surface area is 204 Å². The van der Waals surface area contributed by atoms with Gasteiger partial charge < -0.3 is 14.9 Å². The Morgan fingerprint density at radius 1 is 1.26 bits per heavy atom. The van der Waals surface area contributed by atoms with Gasteiger partial charge in [0.05, 0.1) is 11.0 Å². The van der Waals surface area contributed by atoms with Crippen LogP contribution in [0.5, 0.6) is 0 Å². The number of rotatable bonds is 5. The van der Waals surface area contributed by atoms with Gasteiger partial charge in [-0.25, -0.2) is 4.39 Å². The van der Waals surface area contributed by atoms with Crippen LogP contribution in [0.15, 0.2) is 23.8 Å². The number of alkyl halides is 2. The highest BCUT2D eigenvalue weighted by atomic mass is 35.5. The van der Waals surface area contributed by atoms with Crippen LogP contribution in [0, 0.1) is 28.6 Å². The zero-order valence-electron chi connectivity index (χ0n) is 20.1. The maximum absolute atomic E-state index is 15.6. The highest BCUT2D eigenvalue weighted by molar-refractivity contribution is 6.26. The summed E-state index contributed by atoms with van der Waals surface area (Å²) in [6.45, 7) is 6.38. The number of ether oxygens (including phenoxy) is 1. The molecule has 0 saturated heterocycles. The molecule has 6 nitrogen and oxygen atoms in total. The first-order valence-electron chi connectivity index (χ1n) is 12.2. The van der Waals surface area contributed by atoms with Crippen molar-refractivity contribution in [3.63, 3.8) is 0 Å². The first-order valence-corrected chi connectivity index (χ1v) is 12.5. The molecule has 0 aromatic heterocycles. The Balaban J connectivity index is 1.86. The minimum atomic E-state index is -1.64. The van der Waals surface area contributed by atoms with Crippen molar-refractivity contribution in [2.75, 3.05) is 6.61 Å². The zero-order chi connectivity index (χ0) is 25.3. The van der Waals surface area contributed by atoms with Gasteiger partial charge >= 0.3 is 5.97 Å². The summed E-state index contributed by atoms with van der Waals surface area (Å²) in [7, 11) is 0. The first-order chi connectivity index (χ1) is 15.8. The average Bonchev–Trinajstić information content (AvgIpc) is 2.99. The number of ketones is 2. The summed E-state index contributed by atoms with van der Waals surface area (Å²) >= 11 is 7.33. The molecule has 0 amide bonds. The van der Waals surface area contributed by atoms with Crippen LogP contribution in [-0.4, -0.2) is 57.1 Å². The molecule has 188 valence electrons. The largest absolute Gasteiger partial charge is 0.450 e. The van der Waals surface area contributed by atoms with Gasteiger partial charge in [-0.05, 0) is 55.2 Å². The van der Waals surface area contributed by atoms with Crippen molar-refractivity contribution in [2.24, 2.45) is 28.6 Å². The summed E-state index contributed by atoms with van der Waals surface area (Å²) in [6, 6.07) is 0. The lowest BCUT2D eigenvalue weighted by Crippen LogP contribution is -2.70. The number of carbonyl (C=O) groups excluding carboxylic acids is 3. The van der Waals surface area contributed by atoms with Crippen LogP contribution in [0.25, 0.3) is 0 Å². The highest BCUT2D eigenvalue weighted by Crippen LogP contribution is 2.72. The molecule has 4 aliphatic carbocycles. The van der Waals surface area contributed by atoms with Crippen molar-refractivity contribution in [3.05, 3.63) is 23.8 Å².